The van der Waals surface area contributed by atoms with Gasteiger partial charge in [-0.15, -0.1) is 0 Å². The quantitative estimate of drug-likeness (QED) is 0.415. The van der Waals surface area contributed by atoms with Crippen LogP contribution in [0.15, 0.2) is 24.3 Å². The van der Waals surface area contributed by atoms with Crippen molar-refractivity contribution >= 4 is 13.3 Å². The smallest absolute Gasteiger partial charge is 0.123 e. The summed E-state index contributed by atoms with van der Waals surface area (Å²) in [6.45, 7) is 0. The summed E-state index contributed by atoms with van der Waals surface area (Å²) in [5, 5.41) is 0. The first-order valence-corrected chi connectivity index (χ1v) is 2.30. The Bertz CT molecular complexity index is 155. The van der Waals surface area contributed by atoms with E-state index >= 15 is 0 Å². The molecule has 54 valence electrons. The van der Waals surface area contributed by atoms with Crippen molar-refractivity contribution in [2.75, 3.05) is 0 Å². The van der Waals surface area contributed by atoms with Crippen LogP contribution in [0.25, 0.3) is 0 Å². The summed E-state index contributed by atoms with van der Waals surface area (Å²) in [7, 11) is 5.26. The summed E-state index contributed by atoms with van der Waals surface area (Å²) in [6.07, 6.45) is 0. The maximum atomic E-state index is 12.0. The molecule has 1 aromatic rings. The highest BCUT2D eigenvalue weighted by Gasteiger charge is 1.83. The number of hydrogen-bond acceptors (Lipinski definition) is 0. The van der Waals surface area contributed by atoms with Gasteiger partial charge in [-0.05, 0) is 12.1 Å². The zero-order chi connectivity index (χ0) is 5.98. The molecule has 10 heavy (non-hydrogen) atoms. The summed E-state index contributed by atoms with van der Waals surface area (Å²) >= 11 is 0. The van der Waals surface area contributed by atoms with Crippen LogP contribution in [0.4, 0.5) is 4.39 Å². The fourth-order valence-electron chi connectivity index (χ4n) is 0.463. The van der Waals surface area contributed by atoms with E-state index in [-0.39, 0.29) is 16.8 Å². The lowest BCUT2D eigenvalue weighted by Gasteiger charge is -1.87. The molecule has 4 N–H and O–H groups in total. The van der Waals surface area contributed by atoms with Gasteiger partial charge >= 0.3 is 0 Å². The SMILES string of the molecule is O.O.[B]c1ccc(F)cc1. The molecule has 2 radical (unpaired) electrons. The van der Waals surface area contributed by atoms with Crippen LogP contribution >= 0.6 is 0 Å². The fraction of sp³-hybridized carbons (Fsp3) is 0. The van der Waals surface area contributed by atoms with Gasteiger partial charge in [0.05, 0.1) is 0 Å². The highest BCUT2D eigenvalue weighted by molar-refractivity contribution is 6.32. The van der Waals surface area contributed by atoms with Crippen LogP contribution in [-0.2, 0) is 0 Å². The second-order valence-electron chi connectivity index (χ2n) is 1.55. The molecule has 0 saturated heterocycles. The molecule has 1 aromatic carbocycles. The Morgan fingerprint density at radius 3 is 1.70 bits per heavy atom. The summed E-state index contributed by atoms with van der Waals surface area (Å²) in [6, 6.07) is 5.70. The molecule has 0 fully saturated rings. The minimum absolute atomic E-state index is 0. The van der Waals surface area contributed by atoms with Crippen molar-refractivity contribution in [1.29, 1.82) is 0 Å². The van der Waals surface area contributed by atoms with Crippen LogP contribution in [0.2, 0.25) is 0 Å². The van der Waals surface area contributed by atoms with E-state index in [1.807, 2.05) is 0 Å². The molecule has 0 heterocycles. The van der Waals surface area contributed by atoms with Crippen LogP contribution in [0.1, 0.15) is 0 Å². The largest absolute Gasteiger partial charge is 0.412 e. The maximum absolute atomic E-state index is 12.0. The van der Waals surface area contributed by atoms with Gasteiger partial charge in [-0.1, -0.05) is 17.6 Å². The third-order valence-electron chi connectivity index (χ3n) is 0.870. The van der Waals surface area contributed by atoms with Gasteiger partial charge in [0.15, 0.2) is 0 Å². The second-order valence-corrected chi connectivity index (χ2v) is 1.55. The molecule has 0 unspecified atom stereocenters. The van der Waals surface area contributed by atoms with E-state index < -0.39 is 0 Å². The fourth-order valence-corrected chi connectivity index (χ4v) is 0.463. The molecule has 4 heteroatoms. The topological polar surface area (TPSA) is 63.0 Å². The van der Waals surface area contributed by atoms with Gasteiger partial charge in [-0.2, -0.15) is 0 Å². The Morgan fingerprint density at radius 1 is 1.00 bits per heavy atom. The monoisotopic (exact) mass is 142 g/mol. The van der Waals surface area contributed by atoms with Gasteiger partial charge < -0.3 is 11.0 Å². The van der Waals surface area contributed by atoms with E-state index in [4.69, 9.17) is 7.85 Å². The van der Waals surface area contributed by atoms with Gasteiger partial charge in [0.2, 0.25) is 0 Å². The van der Waals surface area contributed by atoms with Crippen molar-refractivity contribution in [3.8, 4) is 0 Å². The van der Waals surface area contributed by atoms with E-state index in [9.17, 15) is 4.39 Å². The van der Waals surface area contributed by atoms with Crippen LogP contribution in [0.3, 0.4) is 0 Å². The third-order valence-corrected chi connectivity index (χ3v) is 0.870. The average Bonchev–Trinajstić information content (AvgIpc) is 1.77. The van der Waals surface area contributed by atoms with Crippen molar-refractivity contribution in [3.63, 3.8) is 0 Å². The Kier molecular flexibility index (Phi) is 5.89. The first kappa shape index (κ1) is 11.9. The van der Waals surface area contributed by atoms with Gasteiger partial charge in [0.25, 0.3) is 0 Å². The molecule has 0 saturated carbocycles. The number of benzene rings is 1. The lowest BCUT2D eigenvalue weighted by molar-refractivity contribution is 0.628. The van der Waals surface area contributed by atoms with E-state index in [0.29, 0.717) is 5.46 Å². The molecular weight excluding hydrogens is 134 g/mol. The number of hydrogen-bond donors (Lipinski definition) is 0. The third kappa shape index (κ3) is 3.22. The molecule has 0 bridgehead atoms. The first-order chi connectivity index (χ1) is 3.79. The lowest BCUT2D eigenvalue weighted by atomic mass is 9.97. The first-order valence-electron chi connectivity index (χ1n) is 2.30. The molecule has 0 aliphatic heterocycles. The molecule has 0 aliphatic carbocycles. The summed E-state index contributed by atoms with van der Waals surface area (Å²) in [4.78, 5) is 0. The Labute approximate surface area is 59.7 Å². The van der Waals surface area contributed by atoms with E-state index in [2.05, 4.69) is 0 Å². The van der Waals surface area contributed by atoms with Gasteiger partial charge in [0, 0.05) is 0 Å². The molecule has 2 nitrogen and oxygen atoms in total. The highest BCUT2D eigenvalue weighted by Crippen LogP contribution is 1.89. The Morgan fingerprint density at radius 2 is 1.40 bits per heavy atom. The second kappa shape index (κ2) is 4.96. The Balaban J connectivity index is 0. The minimum Gasteiger partial charge on any atom is -0.412 e. The predicted octanol–water partition coefficient (Wildman–Crippen LogP) is -1.03. The van der Waals surface area contributed by atoms with Crippen molar-refractivity contribution in [3.05, 3.63) is 30.1 Å². The van der Waals surface area contributed by atoms with E-state index in [0.717, 1.165) is 0 Å². The van der Waals surface area contributed by atoms with Crippen molar-refractivity contribution in [1.82, 2.24) is 0 Å². The molecule has 1 rings (SSSR count). The molecule has 0 spiro atoms. The van der Waals surface area contributed by atoms with Crippen LogP contribution in [-0.4, -0.2) is 18.8 Å². The Hall–Kier alpha value is -0.865. The summed E-state index contributed by atoms with van der Waals surface area (Å²) in [5.41, 5.74) is 0.589. The lowest BCUT2D eigenvalue weighted by Crippen LogP contribution is -1.98. The molecule has 0 atom stereocenters. The van der Waals surface area contributed by atoms with Crippen molar-refractivity contribution in [2.24, 2.45) is 0 Å². The molecule has 0 amide bonds. The summed E-state index contributed by atoms with van der Waals surface area (Å²) in [5.74, 6) is -0.251. The highest BCUT2D eigenvalue weighted by atomic mass is 19.1. The molecule has 0 aliphatic rings. The van der Waals surface area contributed by atoms with E-state index in [1.165, 1.54) is 24.3 Å². The summed E-state index contributed by atoms with van der Waals surface area (Å²) < 4.78 is 12.0. The molecular formula is C6H8BFO2. The predicted molar refractivity (Wildman–Crippen MR) is 39.0 cm³/mol. The van der Waals surface area contributed by atoms with Gasteiger partial charge in [-0.25, -0.2) is 4.39 Å². The average molecular weight is 142 g/mol. The van der Waals surface area contributed by atoms with Crippen LogP contribution in [0, 0.1) is 5.82 Å². The standard InChI is InChI=1S/C6H4BF.2H2O/c7-5-1-3-6(8)4-2-5;;/h1-4H;2*1H2. The normalized spacial score (nSPS) is 7.30. The molecule has 0 aromatic heterocycles. The zero-order valence-corrected chi connectivity index (χ0v) is 5.26. The van der Waals surface area contributed by atoms with Crippen molar-refractivity contribution < 1.29 is 15.3 Å². The van der Waals surface area contributed by atoms with E-state index in [1.54, 1.807) is 0 Å². The van der Waals surface area contributed by atoms with Gasteiger partial charge in [-0.3, -0.25) is 0 Å². The number of halogens is 1. The number of rotatable bonds is 0. The zero-order valence-electron chi connectivity index (χ0n) is 5.26. The maximum Gasteiger partial charge on any atom is 0.123 e. The van der Waals surface area contributed by atoms with Gasteiger partial charge in [0.1, 0.15) is 13.7 Å². The minimum atomic E-state index is -0.251. The van der Waals surface area contributed by atoms with Crippen LogP contribution < -0.4 is 5.46 Å². The van der Waals surface area contributed by atoms with Crippen LogP contribution in [0.5, 0.6) is 0 Å². The van der Waals surface area contributed by atoms with Crippen molar-refractivity contribution in [2.45, 2.75) is 0 Å².